The van der Waals surface area contributed by atoms with Gasteiger partial charge in [0.15, 0.2) is 0 Å². The van der Waals surface area contributed by atoms with Gasteiger partial charge in [-0.2, -0.15) is 0 Å². The van der Waals surface area contributed by atoms with E-state index in [0.717, 1.165) is 0 Å². The number of rotatable bonds is 4. The number of nitrogens with zero attached hydrogens (tertiary/aromatic N) is 1. The van der Waals surface area contributed by atoms with E-state index in [1.165, 1.54) is 12.3 Å². The van der Waals surface area contributed by atoms with Crippen LogP contribution in [-0.2, 0) is 17.1 Å². The second-order valence-corrected chi connectivity index (χ2v) is 6.98. The lowest BCUT2D eigenvalue weighted by Crippen LogP contribution is -2.57. The molecule has 0 fully saturated rings. The van der Waals surface area contributed by atoms with Crippen LogP contribution >= 0.6 is 0 Å². The summed E-state index contributed by atoms with van der Waals surface area (Å²) in [4.78, 5) is 0.192. The van der Waals surface area contributed by atoms with E-state index in [2.05, 4.69) is 4.72 Å². The van der Waals surface area contributed by atoms with Gasteiger partial charge in [0.1, 0.15) is 0 Å². The Labute approximate surface area is 103 Å². The highest BCUT2D eigenvalue weighted by Gasteiger charge is 2.38. The van der Waals surface area contributed by atoms with Crippen molar-refractivity contribution in [1.29, 1.82) is 0 Å². The Balaban J connectivity index is 3.03. The van der Waals surface area contributed by atoms with Gasteiger partial charge in [-0.05, 0) is 33.8 Å². The fourth-order valence-electron chi connectivity index (χ4n) is 1.16. The van der Waals surface area contributed by atoms with E-state index in [0.29, 0.717) is 0 Å². The van der Waals surface area contributed by atoms with Crippen LogP contribution < -0.4 is 4.72 Å². The van der Waals surface area contributed by atoms with E-state index in [4.69, 9.17) is 0 Å². The zero-order chi connectivity index (χ0) is 13.5. The Kier molecular flexibility index (Phi) is 3.44. The zero-order valence-corrected chi connectivity index (χ0v) is 11.7. The van der Waals surface area contributed by atoms with Crippen molar-refractivity contribution >= 4 is 10.0 Å². The lowest BCUT2D eigenvalue weighted by atomic mass is 9.87. The van der Waals surface area contributed by atoms with Crippen LogP contribution in [0.15, 0.2) is 23.4 Å². The van der Waals surface area contributed by atoms with Crippen molar-refractivity contribution in [3.8, 4) is 0 Å². The van der Waals surface area contributed by atoms with Gasteiger partial charge in [0, 0.05) is 19.4 Å². The molecular formula is C11H20N2O3S. The fourth-order valence-corrected chi connectivity index (χ4v) is 2.74. The van der Waals surface area contributed by atoms with Crippen LogP contribution in [0.1, 0.15) is 27.7 Å². The van der Waals surface area contributed by atoms with Crippen LogP contribution in [0.2, 0.25) is 0 Å². The second-order valence-electron chi connectivity index (χ2n) is 5.30. The summed E-state index contributed by atoms with van der Waals surface area (Å²) < 4.78 is 28.3. The van der Waals surface area contributed by atoms with E-state index in [9.17, 15) is 13.5 Å². The van der Waals surface area contributed by atoms with Gasteiger partial charge in [0.05, 0.1) is 16.0 Å². The van der Waals surface area contributed by atoms with Crippen LogP contribution in [0, 0.1) is 0 Å². The third-order valence-corrected chi connectivity index (χ3v) is 4.68. The van der Waals surface area contributed by atoms with E-state index < -0.39 is 21.2 Å². The average Bonchev–Trinajstić information content (AvgIpc) is 2.48. The summed E-state index contributed by atoms with van der Waals surface area (Å²) in [7, 11) is -1.86. The third-order valence-electron chi connectivity index (χ3n) is 3.03. The molecule has 17 heavy (non-hydrogen) atoms. The molecule has 0 radical (unpaired) electrons. The van der Waals surface area contributed by atoms with E-state index in [-0.39, 0.29) is 4.90 Å². The van der Waals surface area contributed by atoms with Crippen molar-refractivity contribution in [1.82, 2.24) is 9.29 Å². The number of hydrogen-bond donors (Lipinski definition) is 2. The molecule has 1 aromatic heterocycles. The first kappa shape index (κ1) is 14.2. The first-order valence-corrected chi connectivity index (χ1v) is 6.82. The van der Waals surface area contributed by atoms with E-state index in [1.54, 1.807) is 45.5 Å². The number of aromatic nitrogens is 1. The van der Waals surface area contributed by atoms with Crippen LogP contribution in [-0.4, -0.2) is 29.2 Å². The van der Waals surface area contributed by atoms with Crippen LogP contribution in [0.3, 0.4) is 0 Å². The molecule has 98 valence electrons. The molecule has 0 saturated carbocycles. The zero-order valence-electron chi connectivity index (χ0n) is 10.9. The van der Waals surface area contributed by atoms with Gasteiger partial charge in [0.25, 0.3) is 0 Å². The molecule has 0 saturated heterocycles. The first-order chi connectivity index (χ1) is 7.46. The van der Waals surface area contributed by atoms with Crippen LogP contribution in [0.5, 0.6) is 0 Å². The molecule has 0 aromatic carbocycles. The molecule has 5 nitrogen and oxygen atoms in total. The number of sulfonamides is 1. The van der Waals surface area contributed by atoms with Crippen molar-refractivity contribution < 1.29 is 13.5 Å². The molecule has 0 aliphatic carbocycles. The van der Waals surface area contributed by atoms with Gasteiger partial charge in [-0.3, -0.25) is 0 Å². The van der Waals surface area contributed by atoms with Crippen molar-refractivity contribution in [3.63, 3.8) is 0 Å². The highest BCUT2D eigenvalue weighted by molar-refractivity contribution is 7.89. The molecule has 2 N–H and O–H groups in total. The Morgan fingerprint density at radius 3 is 2.18 bits per heavy atom. The molecular weight excluding hydrogens is 240 g/mol. The minimum absolute atomic E-state index is 0.192. The van der Waals surface area contributed by atoms with Gasteiger partial charge in [-0.1, -0.05) is 0 Å². The molecule has 1 aromatic rings. The standard InChI is InChI=1S/C11H20N2O3S/c1-10(2,11(3,4)14)12-17(15,16)9-6-7-13(5)8-9/h6-8,12,14H,1-5H3. The highest BCUT2D eigenvalue weighted by atomic mass is 32.2. The maximum atomic E-state index is 12.1. The summed E-state index contributed by atoms with van der Waals surface area (Å²) in [6, 6.07) is 1.52. The largest absolute Gasteiger partial charge is 0.389 e. The summed E-state index contributed by atoms with van der Waals surface area (Å²) in [5, 5.41) is 9.93. The lowest BCUT2D eigenvalue weighted by molar-refractivity contribution is 0.00639. The maximum Gasteiger partial charge on any atom is 0.242 e. The first-order valence-electron chi connectivity index (χ1n) is 5.34. The smallest absolute Gasteiger partial charge is 0.242 e. The minimum Gasteiger partial charge on any atom is -0.389 e. The minimum atomic E-state index is -3.61. The SMILES string of the molecule is Cn1ccc(S(=O)(=O)NC(C)(C)C(C)(C)O)c1. The molecule has 0 aliphatic heterocycles. The van der Waals surface area contributed by atoms with E-state index in [1.807, 2.05) is 0 Å². The molecule has 0 aliphatic rings. The van der Waals surface area contributed by atoms with Crippen LogP contribution in [0.25, 0.3) is 0 Å². The van der Waals surface area contributed by atoms with Gasteiger partial charge in [-0.15, -0.1) is 0 Å². The fraction of sp³-hybridized carbons (Fsp3) is 0.636. The summed E-state index contributed by atoms with van der Waals surface area (Å²) in [6.45, 7) is 6.43. The Bertz CT molecular complexity index is 495. The van der Waals surface area contributed by atoms with Crippen molar-refractivity contribution in [2.24, 2.45) is 7.05 Å². The quantitative estimate of drug-likeness (QED) is 0.843. The molecule has 0 unspecified atom stereocenters. The van der Waals surface area contributed by atoms with Crippen molar-refractivity contribution in [2.45, 2.75) is 43.7 Å². The van der Waals surface area contributed by atoms with Gasteiger partial charge in [0.2, 0.25) is 10.0 Å². The molecule has 0 bridgehead atoms. The molecule has 0 atom stereocenters. The summed E-state index contributed by atoms with van der Waals surface area (Å²) in [5.41, 5.74) is -2.11. The lowest BCUT2D eigenvalue weighted by Gasteiger charge is -2.37. The Morgan fingerprint density at radius 1 is 1.29 bits per heavy atom. The number of hydrogen-bond acceptors (Lipinski definition) is 3. The maximum absolute atomic E-state index is 12.1. The normalized spacial score (nSPS) is 14.0. The average molecular weight is 260 g/mol. The molecule has 0 spiro atoms. The topological polar surface area (TPSA) is 71.3 Å². The Morgan fingerprint density at radius 2 is 1.82 bits per heavy atom. The molecule has 1 rings (SSSR count). The summed E-state index contributed by atoms with van der Waals surface area (Å²) in [6.07, 6.45) is 3.18. The predicted molar refractivity (Wildman–Crippen MR) is 66.1 cm³/mol. The summed E-state index contributed by atoms with van der Waals surface area (Å²) >= 11 is 0. The van der Waals surface area contributed by atoms with Gasteiger partial charge < -0.3 is 9.67 Å². The Hall–Kier alpha value is -0.850. The van der Waals surface area contributed by atoms with Crippen LogP contribution in [0.4, 0.5) is 0 Å². The number of aryl methyl sites for hydroxylation is 1. The second kappa shape index (κ2) is 4.12. The molecule has 1 heterocycles. The van der Waals surface area contributed by atoms with Gasteiger partial charge >= 0.3 is 0 Å². The monoisotopic (exact) mass is 260 g/mol. The summed E-state index contributed by atoms with van der Waals surface area (Å²) in [5.74, 6) is 0. The van der Waals surface area contributed by atoms with Crippen molar-refractivity contribution in [2.75, 3.05) is 0 Å². The third kappa shape index (κ3) is 3.08. The molecule has 0 amide bonds. The van der Waals surface area contributed by atoms with Gasteiger partial charge in [-0.25, -0.2) is 13.1 Å². The number of aliphatic hydroxyl groups is 1. The van der Waals surface area contributed by atoms with Crippen molar-refractivity contribution in [3.05, 3.63) is 18.5 Å². The predicted octanol–water partition coefficient (Wildman–Crippen LogP) is 0.853. The highest BCUT2D eigenvalue weighted by Crippen LogP contribution is 2.23. The molecule has 6 heteroatoms. The number of nitrogens with one attached hydrogen (secondary N) is 1. The van der Waals surface area contributed by atoms with E-state index >= 15 is 0 Å².